The molecule has 1 saturated heterocycles. The zero-order chi connectivity index (χ0) is 16.5. The number of carbonyl (C=O) groups is 1. The molecule has 7 heteroatoms. The zero-order valence-corrected chi connectivity index (χ0v) is 13.9. The van der Waals surface area contributed by atoms with Crippen LogP contribution in [-0.4, -0.2) is 38.8 Å². The second kappa shape index (κ2) is 6.28. The summed E-state index contributed by atoms with van der Waals surface area (Å²) in [6.07, 6.45) is 9.64. The van der Waals surface area contributed by atoms with Crippen LogP contribution in [0.1, 0.15) is 12.8 Å². The summed E-state index contributed by atoms with van der Waals surface area (Å²) in [7, 11) is 0. The fourth-order valence-electron chi connectivity index (χ4n) is 3.49. The molecule has 0 unspecified atom stereocenters. The number of allylic oxidation sites excluding steroid dienone is 2. The van der Waals surface area contributed by atoms with Crippen molar-refractivity contribution in [3.63, 3.8) is 0 Å². The number of fused-ring (bicyclic) bond motifs is 1. The lowest BCUT2D eigenvalue weighted by Gasteiger charge is -2.17. The number of nitrogens with one attached hydrogen (secondary N) is 1. The van der Waals surface area contributed by atoms with E-state index < -0.39 is 0 Å². The maximum atomic E-state index is 12.5. The summed E-state index contributed by atoms with van der Waals surface area (Å²) in [5.41, 5.74) is 1.41. The topological polar surface area (TPSA) is 63.1 Å². The van der Waals surface area contributed by atoms with Crippen molar-refractivity contribution >= 4 is 23.3 Å². The number of urea groups is 1. The molecule has 1 N–H and O–H groups in total. The number of amides is 2. The predicted molar refractivity (Wildman–Crippen MR) is 92.3 cm³/mol. The number of benzene rings is 1. The first-order chi connectivity index (χ1) is 11.7. The summed E-state index contributed by atoms with van der Waals surface area (Å²) in [6.45, 7) is 1.65. The van der Waals surface area contributed by atoms with E-state index in [-0.39, 0.29) is 6.03 Å². The zero-order valence-electron chi connectivity index (χ0n) is 13.1. The number of hydrogen-bond donors (Lipinski definition) is 1. The highest BCUT2D eigenvalue weighted by molar-refractivity contribution is 6.32. The van der Waals surface area contributed by atoms with Crippen molar-refractivity contribution in [1.82, 2.24) is 19.7 Å². The molecular weight excluding hydrogens is 326 g/mol. The van der Waals surface area contributed by atoms with Gasteiger partial charge in [0.1, 0.15) is 12.7 Å². The highest BCUT2D eigenvalue weighted by atomic mass is 35.5. The van der Waals surface area contributed by atoms with Crippen LogP contribution in [0.3, 0.4) is 0 Å². The van der Waals surface area contributed by atoms with E-state index in [9.17, 15) is 4.79 Å². The molecule has 1 aliphatic carbocycles. The third kappa shape index (κ3) is 2.89. The van der Waals surface area contributed by atoms with Crippen molar-refractivity contribution in [3.8, 4) is 5.69 Å². The van der Waals surface area contributed by atoms with Crippen LogP contribution in [0.5, 0.6) is 0 Å². The molecule has 1 fully saturated rings. The standard InChI is InChI=1S/C17H18ClN5O/c18-15-7-14(5-6-16(15)23-11-19-10-20-23)21-17(24)22-8-12-3-1-2-4-13(12)9-22/h1-2,5-7,10-13H,3-4,8-9H2,(H,21,24)/t12-,13+. The maximum Gasteiger partial charge on any atom is 0.321 e. The Hall–Kier alpha value is -2.34. The van der Waals surface area contributed by atoms with E-state index in [1.165, 1.54) is 6.33 Å². The number of aromatic nitrogens is 3. The minimum atomic E-state index is -0.0611. The monoisotopic (exact) mass is 343 g/mol. The molecule has 2 atom stereocenters. The minimum absolute atomic E-state index is 0.0611. The first-order valence-electron chi connectivity index (χ1n) is 8.06. The van der Waals surface area contributed by atoms with Gasteiger partial charge in [0.05, 0.1) is 10.7 Å². The fourth-order valence-corrected chi connectivity index (χ4v) is 3.75. The summed E-state index contributed by atoms with van der Waals surface area (Å²) in [5.74, 6) is 1.19. The summed E-state index contributed by atoms with van der Waals surface area (Å²) in [6, 6.07) is 5.32. The van der Waals surface area contributed by atoms with Crippen LogP contribution in [-0.2, 0) is 0 Å². The Morgan fingerprint density at radius 2 is 1.96 bits per heavy atom. The number of anilines is 1. The quantitative estimate of drug-likeness (QED) is 0.850. The Bertz CT molecular complexity index is 757. The molecule has 0 spiro atoms. The van der Waals surface area contributed by atoms with Crippen molar-refractivity contribution in [2.45, 2.75) is 12.8 Å². The van der Waals surface area contributed by atoms with Crippen molar-refractivity contribution in [2.75, 3.05) is 18.4 Å². The fraction of sp³-hybridized carbons (Fsp3) is 0.353. The van der Waals surface area contributed by atoms with E-state index >= 15 is 0 Å². The van der Waals surface area contributed by atoms with E-state index in [0.717, 1.165) is 31.6 Å². The van der Waals surface area contributed by atoms with Crippen LogP contribution < -0.4 is 5.32 Å². The van der Waals surface area contributed by atoms with Gasteiger partial charge in [0.25, 0.3) is 0 Å². The van der Waals surface area contributed by atoms with Crippen LogP contribution in [0, 0.1) is 11.8 Å². The lowest BCUT2D eigenvalue weighted by atomic mass is 9.86. The van der Waals surface area contributed by atoms with E-state index in [0.29, 0.717) is 22.5 Å². The summed E-state index contributed by atoms with van der Waals surface area (Å²) < 4.78 is 1.59. The summed E-state index contributed by atoms with van der Waals surface area (Å²) >= 11 is 6.30. The van der Waals surface area contributed by atoms with Crippen LogP contribution in [0.25, 0.3) is 5.69 Å². The highest BCUT2D eigenvalue weighted by Crippen LogP contribution is 2.33. The number of hydrogen-bond acceptors (Lipinski definition) is 3. The maximum absolute atomic E-state index is 12.5. The molecule has 124 valence electrons. The van der Waals surface area contributed by atoms with Gasteiger partial charge >= 0.3 is 6.03 Å². The van der Waals surface area contributed by atoms with Crippen LogP contribution in [0.4, 0.5) is 10.5 Å². The second-order valence-electron chi connectivity index (χ2n) is 6.30. The van der Waals surface area contributed by atoms with Crippen LogP contribution in [0.2, 0.25) is 5.02 Å². The first-order valence-corrected chi connectivity index (χ1v) is 8.44. The van der Waals surface area contributed by atoms with Gasteiger partial charge in [0.2, 0.25) is 0 Å². The van der Waals surface area contributed by atoms with Gasteiger partial charge in [0.15, 0.2) is 0 Å². The van der Waals surface area contributed by atoms with Crippen molar-refractivity contribution in [3.05, 3.63) is 48.0 Å². The van der Waals surface area contributed by atoms with Crippen molar-refractivity contribution in [1.29, 1.82) is 0 Å². The van der Waals surface area contributed by atoms with E-state index in [1.807, 2.05) is 17.0 Å². The molecule has 0 radical (unpaired) electrons. The third-order valence-electron chi connectivity index (χ3n) is 4.77. The molecule has 1 aromatic heterocycles. The largest absolute Gasteiger partial charge is 0.324 e. The first kappa shape index (κ1) is 15.2. The van der Waals surface area contributed by atoms with E-state index in [4.69, 9.17) is 11.6 Å². The Morgan fingerprint density at radius 1 is 1.21 bits per heavy atom. The molecule has 1 aliphatic heterocycles. The Labute approximate surface area is 145 Å². The van der Waals surface area contributed by atoms with Gasteiger partial charge in [-0.3, -0.25) is 0 Å². The molecule has 6 nitrogen and oxygen atoms in total. The van der Waals surface area contributed by atoms with E-state index in [1.54, 1.807) is 17.1 Å². The van der Waals surface area contributed by atoms with Gasteiger partial charge < -0.3 is 10.2 Å². The van der Waals surface area contributed by atoms with Gasteiger partial charge in [-0.05, 0) is 42.9 Å². The Balaban J connectivity index is 1.44. The smallest absolute Gasteiger partial charge is 0.321 e. The van der Waals surface area contributed by atoms with E-state index in [2.05, 4.69) is 27.6 Å². The minimum Gasteiger partial charge on any atom is -0.324 e. The van der Waals surface area contributed by atoms with Gasteiger partial charge in [-0.2, -0.15) is 5.10 Å². The summed E-state index contributed by atoms with van der Waals surface area (Å²) in [4.78, 5) is 18.3. The molecule has 2 aliphatic rings. The van der Waals surface area contributed by atoms with Gasteiger partial charge in [-0.1, -0.05) is 23.8 Å². The molecule has 2 aromatic rings. The number of carbonyl (C=O) groups excluding carboxylic acids is 1. The summed E-state index contributed by atoms with van der Waals surface area (Å²) in [5, 5.41) is 7.52. The van der Waals surface area contributed by atoms with Gasteiger partial charge in [0, 0.05) is 18.8 Å². The average Bonchev–Trinajstić information content (AvgIpc) is 3.24. The number of nitrogens with zero attached hydrogens (tertiary/aromatic N) is 4. The molecule has 1 aromatic carbocycles. The van der Waals surface area contributed by atoms with Crippen LogP contribution >= 0.6 is 11.6 Å². The average molecular weight is 344 g/mol. The normalized spacial score (nSPS) is 22.5. The lowest BCUT2D eigenvalue weighted by Crippen LogP contribution is -2.33. The highest BCUT2D eigenvalue weighted by Gasteiger charge is 2.35. The number of rotatable bonds is 2. The predicted octanol–water partition coefficient (Wildman–Crippen LogP) is 3.35. The molecule has 24 heavy (non-hydrogen) atoms. The SMILES string of the molecule is O=C(Nc1ccc(-n2cncn2)c(Cl)c1)N1C[C@H]2CC=CC[C@H]2C1. The number of likely N-dealkylation sites (tertiary alicyclic amines) is 1. The molecule has 4 rings (SSSR count). The van der Waals surface area contributed by atoms with Gasteiger partial charge in [-0.15, -0.1) is 0 Å². The van der Waals surface area contributed by atoms with Crippen molar-refractivity contribution < 1.29 is 4.79 Å². The van der Waals surface area contributed by atoms with Gasteiger partial charge in [-0.25, -0.2) is 14.5 Å². The second-order valence-corrected chi connectivity index (χ2v) is 6.71. The third-order valence-corrected chi connectivity index (χ3v) is 5.08. The molecule has 2 amide bonds. The van der Waals surface area contributed by atoms with Crippen molar-refractivity contribution in [2.24, 2.45) is 11.8 Å². The Morgan fingerprint density at radius 3 is 2.58 bits per heavy atom. The number of halogens is 1. The molecule has 0 saturated carbocycles. The lowest BCUT2D eigenvalue weighted by molar-refractivity contribution is 0.220. The molecule has 2 heterocycles. The molecular formula is C17H18ClN5O. The molecule has 0 bridgehead atoms. The van der Waals surface area contributed by atoms with Crippen LogP contribution in [0.15, 0.2) is 43.0 Å². The Kier molecular flexibility index (Phi) is 3.98.